The average Bonchev–Trinajstić information content (AvgIpc) is 3.38. The van der Waals surface area contributed by atoms with Gasteiger partial charge in [-0.15, -0.1) is 0 Å². The second-order valence-corrected chi connectivity index (χ2v) is 10.8. The third-order valence-corrected chi connectivity index (χ3v) is 8.00. The van der Waals surface area contributed by atoms with Gasteiger partial charge < -0.3 is 19.9 Å². The summed E-state index contributed by atoms with van der Waals surface area (Å²) in [5.74, 6) is 0.154. The first-order chi connectivity index (χ1) is 20.7. The van der Waals surface area contributed by atoms with E-state index in [2.05, 4.69) is 27.2 Å². The molecule has 2 amide bonds. The van der Waals surface area contributed by atoms with E-state index in [0.29, 0.717) is 37.3 Å². The smallest absolute Gasteiger partial charge is 0.416 e. The minimum atomic E-state index is -4.55. The number of hydrogen-bond donors (Lipinski definition) is 1. The minimum absolute atomic E-state index is 0.0898. The van der Waals surface area contributed by atoms with Crippen LogP contribution in [0.2, 0.25) is 0 Å². The Hall–Kier alpha value is -4.23. The normalized spacial score (nSPS) is 16.3. The van der Waals surface area contributed by atoms with Crippen LogP contribution in [0.5, 0.6) is 11.6 Å². The highest BCUT2D eigenvalue weighted by molar-refractivity contribution is 5.89. The summed E-state index contributed by atoms with van der Waals surface area (Å²) in [4.78, 5) is 23.1. The van der Waals surface area contributed by atoms with Crippen molar-refractivity contribution in [3.63, 3.8) is 0 Å². The molecule has 0 radical (unpaired) electrons. The number of ether oxygens (including phenoxy) is 1. The molecule has 6 rings (SSSR count). The summed E-state index contributed by atoms with van der Waals surface area (Å²) >= 11 is 0. The monoisotopic (exact) mass is 597 g/mol. The van der Waals surface area contributed by atoms with E-state index in [4.69, 9.17) is 4.74 Å². The van der Waals surface area contributed by atoms with Crippen LogP contribution >= 0.6 is 0 Å². The third kappa shape index (κ3) is 6.42. The van der Waals surface area contributed by atoms with Crippen LogP contribution in [0.1, 0.15) is 29.2 Å². The maximum Gasteiger partial charge on any atom is 0.416 e. The third-order valence-electron chi connectivity index (χ3n) is 8.00. The van der Waals surface area contributed by atoms with Crippen LogP contribution in [-0.4, -0.2) is 74.6 Å². The van der Waals surface area contributed by atoms with Crippen LogP contribution in [0.15, 0.2) is 55.0 Å². The molecule has 2 aliphatic rings. The van der Waals surface area contributed by atoms with Gasteiger partial charge >= 0.3 is 12.2 Å². The molecule has 226 valence electrons. The largest absolute Gasteiger partial charge is 0.437 e. The van der Waals surface area contributed by atoms with Crippen molar-refractivity contribution in [2.45, 2.75) is 32.6 Å². The van der Waals surface area contributed by atoms with Gasteiger partial charge in [0.15, 0.2) is 0 Å². The van der Waals surface area contributed by atoms with Crippen molar-refractivity contribution in [2.75, 3.05) is 44.6 Å². The van der Waals surface area contributed by atoms with Gasteiger partial charge in [0, 0.05) is 57.6 Å². The lowest BCUT2D eigenvalue weighted by Crippen LogP contribution is -2.45. The maximum atomic E-state index is 14.0. The second-order valence-electron chi connectivity index (χ2n) is 10.8. The lowest BCUT2D eigenvalue weighted by molar-refractivity contribution is -0.138. The Morgan fingerprint density at radius 1 is 1.00 bits per heavy atom. The molecule has 0 atom stereocenters. The molecule has 2 aromatic carbocycles. The standard InChI is InChI=1S/C30H31F4N7O2/c1-2-38-9-11-39(12-10-38)16-21-3-5-24(15-26(21)30(32,33)34)37-29(42)40-8-7-20-4-6-25(13-22(20)17-40)43-28-27-14-23(31)18-41(27)36-19-35-28/h3-6,13-15,18-19H,2,7-12,16-17H2,1H3,(H,37,42). The van der Waals surface area contributed by atoms with Crippen LogP contribution in [0.25, 0.3) is 5.52 Å². The quantitative estimate of drug-likeness (QED) is 0.300. The summed E-state index contributed by atoms with van der Waals surface area (Å²) in [7, 11) is 0. The van der Waals surface area contributed by atoms with Gasteiger partial charge in [-0.05, 0) is 53.9 Å². The molecule has 1 saturated heterocycles. The molecule has 2 aromatic heterocycles. The van der Waals surface area contributed by atoms with Crippen molar-refractivity contribution in [3.05, 3.63) is 83.1 Å². The fraction of sp³-hybridized carbons (Fsp3) is 0.367. The van der Waals surface area contributed by atoms with E-state index < -0.39 is 23.6 Å². The highest BCUT2D eigenvalue weighted by Crippen LogP contribution is 2.35. The van der Waals surface area contributed by atoms with Crippen molar-refractivity contribution >= 4 is 17.2 Å². The molecule has 1 fully saturated rings. The number of carbonyl (C=O) groups excluding carboxylic acids is 1. The van der Waals surface area contributed by atoms with Crippen molar-refractivity contribution in [2.24, 2.45) is 0 Å². The molecular formula is C30H31F4N7O2. The van der Waals surface area contributed by atoms with Crippen molar-refractivity contribution in [3.8, 4) is 11.6 Å². The number of aromatic nitrogens is 3. The van der Waals surface area contributed by atoms with Gasteiger partial charge in [0.2, 0.25) is 5.88 Å². The SMILES string of the molecule is CCN1CCN(Cc2ccc(NC(=O)N3CCc4ccc(Oc5ncnn6cc(F)cc56)cc4C3)cc2C(F)(F)F)CC1. The molecule has 2 aliphatic heterocycles. The molecule has 0 aliphatic carbocycles. The van der Waals surface area contributed by atoms with Gasteiger partial charge in [-0.3, -0.25) is 4.90 Å². The predicted molar refractivity (Wildman–Crippen MR) is 151 cm³/mol. The number of carbonyl (C=O) groups is 1. The number of halogens is 4. The number of anilines is 1. The molecule has 0 unspecified atom stereocenters. The van der Waals surface area contributed by atoms with Gasteiger partial charge in [0.05, 0.1) is 11.8 Å². The highest BCUT2D eigenvalue weighted by atomic mass is 19.4. The number of nitrogens with zero attached hydrogens (tertiary/aromatic N) is 6. The van der Waals surface area contributed by atoms with Crippen molar-refractivity contribution in [1.29, 1.82) is 0 Å². The summed E-state index contributed by atoms with van der Waals surface area (Å²) in [5.41, 5.74) is 1.77. The van der Waals surface area contributed by atoms with Gasteiger partial charge in [-0.25, -0.2) is 13.7 Å². The molecule has 0 saturated carbocycles. The lowest BCUT2D eigenvalue weighted by Gasteiger charge is -2.34. The zero-order valence-electron chi connectivity index (χ0n) is 23.6. The molecule has 4 heterocycles. The summed E-state index contributed by atoms with van der Waals surface area (Å²) in [5, 5.41) is 6.62. The first-order valence-electron chi connectivity index (χ1n) is 14.2. The van der Waals surface area contributed by atoms with Crippen molar-refractivity contribution in [1.82, 2.24) is 29.3 Å². The summed E-state index contributed by atoms with van der Waals surface area (Å²) in [6.07, 6.45) is -1.50. The van der Waals surface area contributed by atoms with E-state index in [0.717, 1.165) is 36.8 Å². The Morgan fingerprint density at radius 2 is 1.79 bits per heavy atom. The van der Waals surface area contributed by atoms with Crippen LogP contribution in [0.4, 0.5) is 28.0 Å². The Balaban J connectivity index is 1.14. The van der Waals surface area contributed by atoms with Gasteiger partial charge in [0.25, 0.3) is 0 Å². The van der Waals surface area contributed by atoms with E-state index in [1.807, 2.05) is 11.0 Å². The Bertz CT molecular complexity index is 1630. The number of hydrogen-bond acceptors (Lipinski definition) is 6. The van der Waals surface area contributed by atoms with Crippen LogP contribution in [-0.2, 0) is 25.7 Å². The number of fused-ring (bicyclic) bond motifs is 2. The van der Waals surface area contributed by atoms with Crippen LogP contribution in [0, 0.1) is 5.82 Å². The summed E-state index contributed by atoms with van der Waals surface area (Å²) in [6.45, 7) is 6.93. The van der Waals surface area contributed by atoms with E-state index >= 15 is 0 Å². The van der Waals surface area contributed by atoms with Gasteiger partial charge in [-0.2, -0.15) is 23.3 Å². The zero-order chi connectivity index (χ0) is 30.1. The molecule has 1 N–H and O–H groups in total. The molecule has 43 heavy (non-hydrogen) atoms. The Kier molecular flexibility index (Phi) is 7.93. The number of nitrogens with one attached hydrogen (secondary N) is 1. The fourth-order valence-electron chi connectivity index (χ4n) is 5.60. The van der Waals surface area contributed by atoms with Gasteiger partial charge in [-0.1, -0.05) is 19.1 Å². The number of benzene rings is 2. The Morgan fingerprint density at radius 3 is 2.56 bits per heavy atom. The minimum Gasteiger partial charge on any atom is -0.437 e. The average molecular weight is 598 g/mol. The highest BCUT2D eigenvalue weighted by Gasteiger charge is 2.34. The lowest BCUT2D eigenvalue weighted by atomic mass is 9.99. The van der Waals surface area contributed by atoms with Crippen molar-refractivity contribution < 1.29 is 27.1 Å². The number of urea groups is 1. The molecule has 4 aromatic rings. The summed E-state index contributed by atoms with van der Waals surface area (Å²) < 4.78 is 63.1. The van der Waals surface area contributed by atoms with E-state index in [1.165, 1.54) is 35.2 Å². The number of piperazine rings is 1. The Labute approximate surface area is 245 Å². The number of likely N-dealkylation sites (N-methyl/N-ethyl adjacent to an activating group) is 1. The predicted octanol–water partition coefficient (Wildman–Crippen LogP) is 5.41. The molecule has 0 bridgehead atoms. The zero-order valence-corrected chi connectivity index (χ0v) is 23.6. The number of amides is 2. The maximum absolute atomic E-state index is 14.0. The van der Waals surface area contributed by atoms with E-state index in [1.54, 1.807) is 17.0 Å². The first kappa shape index (κ1) is 28.9. The molecule has 9 nitrogen and oxygen atoms in total. The van der Waals surface area contributed by atoms with E-state index in [-0.39, 0.29) is 30.2 Å². The topological polar surface area (TPSA) is 78.2 Å². The van der Waals surface area contributed by atoms with Crippen LogP contribution in [0.3, 0.4) is 0 Å². The second kappa shape index (κ2) is 11.8. The summed E-state index contributed by atoms with van der Waals surface area (Å²) in [6, 6.07) is 10.2. The fourth-order valence-corrected chi connectivity index (χ4v) is 5.60. The number of alkyl halides is 3. The molecule has 13 heteroatoms. The van der Waals surface area contributed by atoms with Crippen LogP contribution < -0.4 is 10.1 Å². The van der Waals surface area contributed by atoms with E-state index in [9.17, 15) is 22.4 Å². The molecular weight excluding hydrogens is 566 g/mol. The van der Waals surface area contributed by atoms with Gasteiger partial charge in [0.1, 0.15) is 23.4 Å². The first-order valence-corrected chi connectivity index (χ1v) is 14.2. The number of rotatable bonds is 6. The molecule has 0 spiro atoms.